The Bertz CT molecular complexity index is 387. The SMILES string of the molecule is CCCCN1CCOc2nc(Cl)c(Cl)nc21. The van der Waals surface area contributed by atoms with Crippen LogP contribution in [0.15, 0.2) is 0 Å². The topological polar surface area (TPSA) is 38.2 Å². The molecule has 0 N–H and O–H groups in total. The van der Waals surface area contributed by atoms with Crippen molar-refractivity contribution >= 4 is 29.0 Å². The van der Waals surface area contributed by atoms with E-state index in [2.05, 4.69) is 21.8 Å². The summed E-state index contributed by atoms with van der Waals surface area (Å²) in [7, 11) is 0. The van der Waals surface area contributed by atoms with Crippen LogP contribution in [0.4, 0.5) is 5.82 Å². The van der Waals surface area contributed by atoms with Crippen LogP contribution >= 0.6 is 23.2 Å². The molecule has 0 aliphatic carbocycles. The third-order valence-electron chi connectivity index (χ3n) is 2.45. The molecule has 0 saturated carbocycles. The molecule has 0 amide bonds. The predicted octanol–water partition coefficient (Wildman–Crippen LogP) is 2.78. The molecule has 2 heterocycles. The fourth-order valence-electron chi connectivity index (χ4n) is 1.60. The third-order valence-corrected chi connectivity index (χ3v) is 3.07. The zero-order chi connectivity index (χ0) is 11.5. The van der Waals surface area contributed by atoms with Gasteiger partial charge in [0.25, 0.3) is 5.88 Å². The van der Waals surface area contributed by atoms with Crippen LogP contribution in [0.5, 0.6) is 5.88 Å². The van der Waals surface area contributed by atoms with Crippen LogP contribution in [0.3, 0.4) is 0 Å². The summed E-state index contributed by atoms with van der Waals surface area (Å²) >= 11 is 11.7. The van der Waals surface area contributed by atoms with E-state index < -0.39 is 0 Å². The molecule has 1 aliphatic heterocycles. The van der Waals surface area contributed by atoms with E-state index in [4.69, 9.17) is 27.9 Å². The molecular weight excluding hydrogens is 249 g/mol. The molecule has 0 unspecified atom stereocenters. The number of unbranched alkanes of at least 4 members (excludes halogenated alkanes) is 1. The average Bonchev–Trinajstić information content (AvgIpc) is 2.28. The molecule has 0 aromatic carbocycles. The molecule has 88 valence electrons. The summed E-state index contributed by atoms with van der Waals surface area (Å²) < 4.78 is 5.41. The number of halogens is 2. The van der Waals surface area contributed by atoms with Gasteiger partial charge in [0, 0.05) is 6.54 Å². The molecule has 1 aromatic heterocycles. The maximum atomic E-state index is 5.86. The van der Waals surface area contributed by atoms with Gasteiger partial charge in [-0.1, -0.05) is 36.5 Å². The molecule has 0 bridgehead atoms. The first-order valence-corrected chi connectivity index (χ1v) is 6.08. The van der Waals surface area contributed by atoms with Gasteiger partial charge in [-0.15, -0.1) is 0 Å². The smallest absolute Gasteiger partial charge is 0.259 e. The fraction of sp³-hybridized carbons (Fsp3) is 0.600. The first-order chi connectivity index (χ1) is 7.72. The molecule has 0 fully saturated rings. The Hall–Kier alpha value is -0.740. The van der Waals surface area contributed by atoms with E-state index in [-0.39, 0.29) is 10.3 Å². The molecule has 0 atom stereocenters. The quantitative estimate of drug-likeness (QED) is 0.839. The number of rotatable bonds is 3. The standard InChI is InChI=1S/C10H13Cl2N3O/c1-2-3-4-15-5-6-16-10-9(15)13-7(11)8(12)14-10/h2-6H2,1H3. The molecule has 6 heteroatoms. The maximum absolute atomic E-state index is 5.86. The number of ether oxygens (including phenoxy) is 1. The fourth-order valence-corrected chi connectivity index (χ4v) is 1.84. The van der Waals surface area contributed by atoms with Crippen LogP contribution in [-0.2, 0) is 0 Å². The summed E-state index contributed by atoms with van der Waals surface area (Å²) in [6.07, 6.45) is 2.25. The molecule has 2 rings (SSSR count). The van der Waals surface area contributed by atoms with Gasteiger partial charge in [-0.25, -0.2) is 4.98 Å². The summed E-state index contributed by atoms with van der Waals surface area (Å²) in [4.78, 5) is 10.4. The Morgan fingerprint density at radius 3 is 2.81 bits per heavy atom. The number of anilines is 1. The van der Waals surface area contributed by atoms with Crippen LogP contribution in [0, 0.1) is 0 Å². The lowest BCUT2D eigenvalue weighted by molar-refractivity contribution is 0.292. The van der Waals surface area contributed by atoms with Gasteiger partial charge in [0.05, 0.1) is 6.54 Å². The Morgan fingerprint density at radius 2 is 2.06 bits per heavy atom. The van der Waals surface area contributed by atoms with Crippen molar-refractivity contribution in [2.24, 2.45) is 0 Å². The number of fused-ring (bicyclic) bond motifs is 1. The van der Waals surface area contributed by atoms with Crippen molar-refractivity contribution in [1.29, 1.82) is 0 Å². The van der Waals surface area contributed by atoms with Gasteiger partial charge < -0.3 is 9.64 Å². The Balaban J connectivity index is 2.27. The summed E-state index contributed by atoms with van der Waals surface area (Å²) in [5, 5.41) is 0.421. The monoisotopic (exact) mass is 261 g/mol. The summed E-state index contributed by atoms with van der Waals surface area (Å²) in [6, 6.07) is 0. The van der Waals surface area contributed by atoms with Crippen molar-refractivity contribution in [3.8, 4) is 5.88 Å². The van der Waals surface area contributed by atoms with Gasteiger partial charge >= 0.3 is 0 Å². The first kappa shape index (κ1) is 11.7. The third kappa shape index (κ3) is 2.33. The van der Waals surface area contributed by atoms with E-state index in [9.17, 15) is 0 Å². The average molecular weight is 262 g/mol. The lowest BCUT2D eigenvalue weighted by atomic mass is 10.3. The van der Waals surface area contributed by atoms with Crippen molar-refractivity contribution in [3.05, 3.63) is 10.3 Å². The Labute approximate surface area is 105 Å². The van der Waals surface area contributed by atoms with Crippen LogP contribution in [-0.4, -0.2) is 29.7 Å². The van der Waals surface area contributed by atoms with E-state index in [1.54, 1.807) is 0 Å². The van der Waals surface area contributed by atoms with Crippen molar-refractivity contribution in [2.45, 2.75) is 19.8 Å². The molecule has 0 saturated heterocycles. The van der Waals surface area contributed by atoms with Crippen molar-refractivity contribution in [3.63, 3.8) is 0 Å². The second-order valence-corrected chi connectivity index (χ2v) is 4.34. The lowest BCUT2D eigenvalue weighted by Crippen LogP contribution is -2.34. The molecule has 1 aromatic rings. The number of nitrogens with zero attached hydrogens (tertiary/aromatic N) is 3. The van der Waals surface area contributed by atoms with Crippen LogP contribution in [0.2, 0.25) is 10.3 Å². The zero-order valence-corrected chi connectivity index (χ0v) is 10.6. The van der Waals surface area contributed by atoms with Crippen molar-refractivity contribution < 1.29 is 4.74 Å². The maximum Gasteiger partial charge on any atom is 0.259 e. The van der Waals surface area contributed by atoms with E-state index in [0.717, 1.165) is 25.9 Å². The van der Waals surface area contributed by atoms with Crippen LogP contribution in [0.1, 0.15) is 19.8 Å². The zero-order valence-electron chi connectivity index (χ0n) is 9.04. The molecule has 0 spiro atoms. The second-order valence-electron chi connectivity index (χ2n) is 3.62. The van der Waals surface area contributed by atoms with Gasteiger partial charge in [-0.2, -0.15) is 4.98 Å². The minimum absolute atomic E-state index is 0.192. The number of aromatic nitrogens is 2. The first-order valence-electron chi connectivity index (χ1n) is 5.33. The van der Waals surface area contributed by atoms with Gasteiger partial charge in [-0.05, 0) is 6.42 Å². The van der Waals surface area contributed by atoms with Gasteiger partial charge in [-0.3, -0.25) is 0 Å². The highest BCUT2D eigenvalue weighted by Gasteiger charge is 2.22. The lowest BCUT2D eigenvalue weighted by Gasteiger charge is -2.29. The van der Waals surface area contributed by atoms with E-state index in [0.29, 0.717) is 18.3 Å². The summed E-state index contributed by atoms with van der Waals surface area (Å²) in [5.74, 6) is 1.19. The largest absolute Gasteiger partial charge is 0.473 e. The van der Waals surface area contributed by atoms with E-state index in [1.165, 1.54) is 0 Å². The Kier molecular flexibility index (Phi) is 3.71. The van der Waals surface area contributed by atoms with Gasteiger partial charge in [0.2, 0.25) is 0 Å². The van der Waals surface area contributed by atoms with Crippen molar-refractivity contribution in [2.75, 3.05) is 24.6 Å². The molecule has 1 aliphatic rings. The highest BCUT2D eigenvalue weighted by Crippen LogP contribution is 2.32. The van der Waals surface area contributed by atoms with Crippen molar-refractivity contribution in [1.82, 2.24) is 9.97 Å². The van der Waals surface area contributed by atoms with Crippen LogP contribution in [0.25, 0.3) is 0 Å². The van der Waals surface area contributed by atoms with Gasteiger partial charge in [0.1, 0.15) is 6.61 Å². The minimum Gasteiger partial charge on any atom is -0.473 e. The minimum atomic E-state index is 0.192. The van der Waals surface area contributed by atoms with E-state index >= 15 is 0 Å². The highest BCUT2D eigenvalue weighted by atomic mass is 35.5. The molecular formula is C10H13Cl2N3O. The van der Waals surface area contributed by atoms with Gasteiger partial charge in [0.15, 0.2) is 16.1 Å². The Morgan fingerprint density at radius 1 is 1.31 bits per heavy atom. The highest BCUT2D eigenvalue weighted by molar-refractivity contribution is 6.40. The van der Waals surface area contributed by atoms with Crippen LogP contribution < -0.4 is 9.64 Å². The number of hydrogen-bond donors (Lipinski definition) is 0. The number of hydrogen-bond acceptors (Lipinski definition) is 4. The predicted molar refractivity (Wildman–Crippen MR) is 64.7 cm³/mol. The molecule has 4 nitrogen and oxygen atoms in total. The van der Waals surface area contributed by atoms with E-state index in [1.807, 2.05) is 0 Å². The second kappa shape index (κ2) is 5.06. The molecule has 16 heavy (non-hydrogen) atoms. The summed E-state index contributed by atoms with van der Waals surface area (Å²) in [6.45, 7) is 4.53. The normalized spacial score (nSPS) is 14.6. The summed E-state index contributed by atoms with van der Waals surface area (Å²) in [5.41, 5.74) is 0. The molecule has 0 radical (unpaired) electrons.